The molecule has 0 radical (unpaired) electrons. The highest BCUT2D eigenvalue weighted by molar-refractivity contribution is 5.83. The summed E-state index contributed by atoms with van der Waals surface area (Å²) >= 11 is 0. The number of aliphatic hydroxyl groups is 1. The number of piperidine rings is 1. The Labute approximate surface area is 240 Å². The third-order valence-corrected chi connectivity index (χ3v) is 6.93. The topological polar surface area (TPSA) is 86.3 Å². The van der Waals surface area contributed by atoms with E-state index in [1.54, 1.807) is 0 Å². The average molecular weight is 554 g/mol. The van der Waals surface area contributed by atoms with Gasteiger partial charge < -0.3 is 29.4 Å². The minimum Gasteiger partial charge on any atom is -0.372 e. The van der Waals surface area contributed by atoms with Crippen molar-refractivity contribution >= 4 is 5.91 Å². The molecule has 1 unspecified atom stereocenters. The predicted molar refractivity (Wildman–Crippen MR) is 154 cm³/mol. The molecular weight excluding hydrogens is 518 g/mol. The van der Waals surface area contributed by atoms with Crippen LogP contribution in [-0.4, -0.2) is 41.7 Å². The first kappa shape index (κ1) is 28.7. The smallest absolute Gasteiger partial charge is 0.254 e. The van der Waals surface area contributed by atoms with Gasteiger partial charge >= 0.3 is 0 Å². The van der Waals surface area contributed by atoms with Gasteiger partial charge in [0.05, 0.1) is 33.0 Å². The van der Waals surface area contributed by atoms with Gasteiger partial charge in [-0.2, -0.15) is 0 Å². The maximum absolute atomic E-state index is 13.5. The van der Waals surface area contributed by atoms with E-state index in [1.165, 1.54) is 0 Å². The SMILES string of the molecule is O=C1NC(O)(COCc2ccccc2)[C@H](OCc2ccccc2)[C@H](OCc2ccccc2)[C@H]1OCc1ccccc1. The van der Waals surface area contributed by atoms with Crippen molar-refractivity contribution in [3.05, 3.63) is 144 Å². The molecule has 0 aliphatic carbocycles. The van der Waals surface area contributed by atoms with Crippen LogP contribution in [0.4, 0.5) is 0 Å². The minimum absolute atomic E-state index is 0.193. The molecule has 1 heterocycles. The van der Waals surface area contributed by atoms with Crippen LogP contribution >= 0.6 is 0 Å². The molecule has 7 heteroatoms. The van der Waals surface area contributed by atoms with Crippen LogP contribution in [0, 0.1) is 0 Å². The van der Waals surface area contributed by atoms with Crippen LogP contribution in [0.3, 0.4) is 0 Å². The van der Waals surface area contributed by atoms with E-state index >= 15 is 0 Å². The molecule has 41 heavy (non-hydrogen) atoms. The molecule has 1 aliphatic heterocycles. The van der Waals surface area contributed by atoms with E-state index in [2.05, 4.69) is 5.32 Å². The maximum atomic E-state index is 13.5. The molecule has 1 aliphatic rings. The fourth-order valence-corrected chi connectivity index (χ4v) is 4.82. The molecule has 0 spiro atoms. The number of hydrogen-bond acceptors (Lipinski definition) is 6. The second-order valence-electron chi connectivity index (χ2n) is 10.1. The van der Waals surface area contributed by atoms with Crippen LogP contribution in [0.25, 0.3) is 0 Å². The lowest BCUT2D eigenvalue weighted by molar-refractivity contribution is -0.250. The zero-order chi connectivity index (χ0) is 28.3. The third kappa shape index (κ3) is 7.88. The largest absolute Gasteiger partial charge is 0.372 e. The third-order valence-electron chi connectivity index (χ3n) is 6.93. The standard InChI is InChI=1S/C34H35NO6/c36-33-31(40-23-28-17-9-3-10-18-28)30(39-22-27-15-7-2-8-16-27)32(41-24-29-19-11-4-12-20-29)34(37,35-33)25-38-21-26-13-5-1-6-14-26/h1-20,30-32,37H,21-25H2,(H,35,36)/t30-,31-,32-,34?/m1/s1. The Morgan fingerprint density at radius 2 is 1.00 bits per heavy atom. The van der Waals surface area contributed by atoms with Crippen LogP contribution in [0.15, 0.2) is 121 Å². The summed E-state index contributed by atoms with van der Waals surface area (Å²) in [7, 11) is 0. The number of ether oxygens (including phenoxy) is 4. The summed E-state index contributed by atoms with van der Waals surface area (Å²) in [5.74, 6) is -0.496. The second-order valence-corrected chi connectivity index (χ2v) is 10.1. The monoisotopic (exact) mass is 553 g/mol. The van der Waals surface area contributed by atoms with E-state index in [0.717, 1.165) is 22.3 Å². The van der Waals surface area contributed by atoms with Gasteiger partial charge in [-0.05, 0) is 22.3 Å². The first-order chi connectivity index (χ1) is 20.1. The predicted octanol–water partition coefficient (Wildman–Crippen LogP) is 4.78. The van der Waals surface area contributed by atoms with Gasteiger partial charge in [-0.15, -0.1) is 0 Å². The van der Waals surface area contributed by atoms with Crippen LogP contribution in [0.2, 0.25) is 0 Å². The van der Waals surface area contributed by atoms with Gasteiger partial charge in [-0.3, -0.25) is 4.79 Å². The highest BCUT2D eigenvalue weighted by Gasteiger charge is 2.55. The van der Waals surface area contributed by atoms with Crippen molar-refractivity contribution in [3.8, 4) is 0 Å². The first-order valence-corrected chi connectivity index (χ1v) is 13.7. The molecule has 5 rings (SSSR count). The Hall–Kier alpha value is -3.85. The fourth-order valence-electron chi connectivity index (χ4n) is 4.82. The minimum atomic E-state index is -1.87. The number of nitrogens with one attached hydrogen (secondary N) is 1. The number of carbonyl (C=O) groups excluding carboxylic acids is 1. The maximum Gasteiger partial charge on any atom is 0.254 e. The van der Waals surface area contributed by atoms with E-state index in [0.29, 0.717) is 0 Å². The summed E-state index contributed by atoms with van der Waals surface area (Å²) in [4.78, 5) is 13.5. The molecule has 0 aromatic heterocycles. The molecule has 1 amide bonds. The Kier molecular flexibility index (Phi) is 9.91. The van der Waals surface area contributed by atoms with Crippen molar-refractivity contribution < 1.29 is 28.8 Å². The summed E-state index contributed by atoms with van der Waals surface area (Å²) in [5.41, 5.74) is 1.83. The normalized spacial score (nSPS) is 22.3. The number of hydrogen-bond donors (Lipinski definition) is 2. The zero-order valence-electron chi connectivity index (χ0n) is 22.8. The van der Waals surface area contributed by atoms with Crippen molar-refractivity contribution in [1.29, 1.82) is 0 Å². The molecule has 1 saturated heterocycles. The van der Waals surface area contributed by atoms with Crippen molar-refractivity contribution in [2.75, 3.05) is 6.61 Å². The van der Waals surface area contributed by atoms with Gasteiger partial charge in [-0.25, -0.2) is 0 Å². The summed E-state index contributed by atoms with van der Waals surface area (Å²) in [5, 5.41) is 14.7. The lowest BCUT2D eigenvalue weighted by Gasteiger charge is -2.46. The molecule has 2 N–H and O–H groups in total. The number of amides is 1. The van der Waals surface area contributed by atoms with E-state index in [1.807, 2.05) is 121 Å². The van der Waals surface area contributed by atoms with Gasteiger partial charge in [0, 0.05) is 0 Å². The molecule has 212 valence electrons. The Morgan fingerprint density at radius 3 is 1.49 bits per heavy atom. The second kappa shape index (κ2) is 14.2. The summed E-state index contributed by atoms with van der Waals surface area (Å²) in [6.07, 6.45) is -2.96. The van der Waals surface area contributed by atoms with Crippen molar-refractivity contribution in [3.63, 3.8) is 0 Å². The van der Waals surface area contributed by atoms with E-state index in [-0.39, 0.29) is 33.0 Å². The molecule has 7 nitrogen and oxygen atoms in total. The van der Waals surface area contributed by atoms with Gasteiger partial charge in [0.25, 0.3) is 5.91 Å². The summed E-state index contributed by atoms with van der Waals surface area (Å²) in [6, 6.07) is 38.6. The highest BCUT2D eigenvalue weighted by Crippen LogP contribution is 2.30. The van der Waals surface area contributed by atoms with Gasteiger partial charge in [0.15, 0.2) is 11.8 Å². The molecule has 4 aromatic carbocycles. The lowest BCUT2D eigenvalue weighted by atomic mass is 9.91. The van der Waals surface area contributed by atoms with Crippen LogP contribution in [0.1, 0.15) is 22.3 Å². The zero-order valence-corrected chi connectivity index (χ0v) is 22.8. The van der Waals surface area contributed by atoms with E-state index in [9.17, 15) is 9.90 Å². The molecule has 0 saturated carbocycles. The van der Waals surface area contributed by atoms with Gasteiger partial charge in [0.2, 0.25) is 0 Å². The average Bonchev–Trinajstić information content (AvgIpc) is 3.01. The van der Waals surface area contributed by atoms with Crippen molar-refractivity contribution in [1.82, 2.24) is 5.32 Å². The Balaban J connectivity index is 1.40. The fraction of sp³-hybridized carbons (Fsp3) is 0.265. The molecule has 0 bridgehead atoms. The number of carbonyl (C=O) groups is 1. The quantitative estimate of drug-likeness (QED) is 0.248. The van der Waals surface area contributed by atoms with Crippen molar-refractivity contribution in [2.24, 2.45) is 0 Å². The van der Waals surface area contributed by atoms with Gasteiger partial charge in [0.1, 0.15) is 12.2 Å². The Bertz CT molecular complexity index is 1340. The van der Waals surface area contributed by atoms with Crippen LogP contribution < -0.4 is 5.32 Å². The first-order valence-electron chi connectivity index (χ1n) is 13.7. The van der Waals surface area contributed by atoms with Gasteiger partial charge in [-0.1, -0.05) is 121 Å². The number of rotatable bonds is 13. The van der Waals surface area contributed by atoms with E-state index in [4.69, 9.17) is 18.9 Å². The highest BCUT2D eigenvalue weighted by atomic mass is 16.6. The molecular formula is C34H35NO6. The summed E-state index contributed by atoms with van der Waals surface area (Å²) in [6.45, 7) is 0.644. The lowest BCUT2D eigenvalue weighted by Crippen LogP contribution is -2.73. The molecule has 1 fully saturated rings. The summed E-state index contributed by atoms with van der Waals surface area (Å²) < 4.78 is 24.8. The van der Waals surface area contributed by atoms with Crippen LogP contribution in [-0.2, 0) is 50.2 Å². The number of benzene rings is 4. The van der Waals surface area contributed by atoms with E-state index < -0.39 is 29.9 Å². The Morgan fingerprint density at radius 1 is 0.585 bits per heavy atom. The van der Waals surface area contributed by atoms with Crippen molar-refractivity contribution in [2.45, 2.75) is 50.5 Å². The molecule has 4 aromatic rings. The molecule has 4 atom stereocenters. The van der Waals surface area contributed by atoms with Crippen LogP contribution in [0.5, 0.6) is 0 Å².